The molecule has 298 valence electrons. The van der Waals surface area contributed by atoms with Crippen molar-refractivity contribution < 1.29 is 38.5 Å². The average Bonchev–Trinajstić information content (AvgIpc) is 3.83. The number of amides is 1. The van der Waals surface area contributed by atoms with Crippen molar-refractivity contribution in [3.05, 3.63) is 58.4 Å². The molecule has 10 heteroatoms. The maximum Gasteiger partial charge on any atom is 0.313 e. The van der Waals surface area contributed by atoms with Crippen LogP contribution in [0.25, 0.3) is 0 Å². The molecule has 2 heterocycles. The van der Waals surface area contributed by atoms with Crippen LogP contribution in [0.1, 0.15) is 111 Å². The number of nitrogens with zero attached hydrogens (tertiary/aromatic N) is 1. The molecule has 0 radical (unpaired) electrons. The fraction of sp³-hybridized carbons (Fsp3) is 0.711. The highest BCUT2D eigenvalue weighted by atomic mass is 35.5. The second-order valence-corrected chi connectivity index (χ2v) is 20.5. The molecule has 1 aromatic carbocycles. The first-order valence-electron chi connectivity index (χ1n) is 20.8. The lowest BCUT2D eigenvalue weighted by molar-refractivity contribution is -0.189. The summed E-state index contributed by atoms with van der Waals surface area (Å²) in [6.07, 6.45) is 13.0. The summed E-state index contributed by atoms with van der Waals surface area (Å²) in [5.41, 5.74) is -5.49. The standard InChI is InChI=1S/C45H57ClFNO7/c1-38(2)41(5)17-20-45(38,55-37(41)52)36(51)48(25-28-8-7-21-54-28)26-43(53)16-13-35-40(43,4)15-12-34-39(3)14-11-27(49)23-42(39)18-19-44(34,35)30(24-42)33(50)22-29-31(46)9-6-10-32(29)47/h6,9-10,18-19,24,27-28,34-35,49,53H,7-8,11-17,20-23,25-26H2,1-5H3/t27?,28-,34-,35-,39-,40+,41+,42+,43-,44-,45-/m1/s1. The van der Waals surface area contributed by atoms with Crippen LogP contribution in [0, 0.1) is 50.1 Å². The van der Waals surface area contributed by atoms with Gasteiger partial charge < -0.3 is 24.6 Å². The molecule has 2 spiro atoms. The predicted octanol–water partition coefficient (Wildman–Crippen LogP) is 7.31. The smallest absolute Gasteiger partial charge is 0.313 e. The van der Waals surface area contributed by atoms with Crippen LogP contribution >= 0.6 is 11.6 Å². The Kier molecular flexibility index (Phi) is 8.27. The summed E-state index contributed by atoms with van der Waals surface area (Å²) in [6, 6.07) is 4.49. The molecule has 11 atom stereocenters. The molecule has 4 bridgehead atoms. The van der Waals surface area contributed by atoms with Gasteiger partial charge in [-0.1, -0.05) is 63.6 Å². The molecular weight excluding hydrogens is 721 g/mol. The Bertz CT molecular complexity index is 1900. The monoisotopic (exact) mass is 777 g/mol. The van der Waals surface area contributed by atoms with Crippen molar-refractivity contribution in [2.45, 2.75) is 135 Å². The second-order valence-electron chi connectivity index (χ2n) is 20.1. The van der Waals surface area contributed by atoms with Gasteiger partial charge >= 0.3 is 5.97 Å². The second kappa shape index (κ2) is 12.0. The van der Waals surface area contributed by atoms with Gasteiger partial charge in [-0.3, -0.25) is 14.4 Å². The first kappa shape index (κ1) is 38.0. The van der Waals surface area contributed by atoms with Crippen LogP contribution in [0.4, 0.5) is 4.39 Å². The quantitative estimate of drug-likeness (QED) is 0.210. The largest absolute Gasteiger partial charge is 0.448 e. The Labute approximate surface area is 329 Å². The minimum Gasteiger partial charge on any atom is -0.448 e. The first-order chi connectivity index (χ1) is 25.8. The highest BCUT2D eigenvalue weighted by Gasteiger charge is 2.78. The van der Waals surface area contributed by atoms with Gasteiger partial charge in [0.05, 0.1) is 29.8 Å². The number of rotatable bonds is 8. The molecule has 1 amide bonds. The molecule has 9 aliphatic rings. The molecule has 4 saturated carbocycles. The van der Waals surface area contributed by atoms with Crippen LogP contribution in [0.5, 0.6) is 0 Å². The van der Waals surface area contributed by atoms with Crippen LogP contribution in [0.3, 0.4) is 0 Å². The van der Waals surface area contributed by atoms with E-state index in [1.165, 1.54) is 6.07 Å². The number of carbonyl (C=O) groups excluding carboxylic acids is 3. The highest BCUT2D eigenvalue weighted by molar-refractivity contribution is 6.31. The average molecular weight is 778 g/mol. The van der Waals surface area contributed by atoms with Crippen LogP contribution < -0.4 is 0 Å². The summed E-state index contributed by atoms with van der Waals surface area (Å²) < 4.78 is 27.5. The zero-order chi connectivity index (χ0) is 39.2. The van der Waals surface area contributed by atoms with E-state index in [4.69, 9.17) is 21.1 Å². The van der Waals surface area contributed by atoms with Crippen LogP contribution in [-0.2, 0) is 30.3 Å². The third kappa shape index (κ3) is 4.64. The van der Waals surface area contributed by atoms with Gasteiger partial charge in [0.15, 0.2) is 11.4 Å². The van der Waals surface area contributed by atoms with Crippen molar-refractivity contribution in [1.82, 2.24) is 4.90 Å². The number of benzene rings is 1. The number of aliphatic hydroxyl groups is 2. The van der Waals surface area contributed by atoms with Crippen LogP contribution in [-0.4, -0.2) is 75.9 Å². The molecular formula is C45H57ClFNO7. The Morgan fingerprint density at radius 1 is 0.964 bits per heavy atom. The van der Waals surface area contributed by atoms with E-state index in [-0.39, 0.29) is 64.6 Å². The molecule has 0 aromatic heterocycles. The van der Waals surface area contributed by atoms with Crippen molar-refractivity contribution in [2.24, 2.45) is 44.3 Å². The molecule has 6 fully saturated rings. The van der Waals surface area contributed by atoms with Crippen molar-refractivity contribution in [1.29, 1.82) is 0 Å². The zero-order valence-electron chi connectivity index (χ0n) is 33.0. The Morgan fingerprint density at radius 2 is 1.69 bits per heavy atom. The third-order valence-corrected chi connectivity index (χ3v) is 18.4. The van der Waals surface area contributed by atoms with Crippen LogP contribution in [0.2, 0.25) is 5.02 Å². The van der Waals surface area contributed by atoms with E-state index in [0.717, 1.165) is 25.7 Å². The SMILES string of the molecule is CC1(C)[C@@]2(C)CC[C@]1(C(=O)N(C[C@H]1CCCO1)C[C@]1(O)CC[C@H]3[C@]45C=C[C@@]6(C=C4C(=O)Cc4c(F)cccc4Cl)CC(O)CC[C@]6(C)[C@H]5CC[C@@]31C)OC2=O. The van der Waals surface area contributed by atoms with Gasteiger partial charge in [0.2, 0.25) is 0 Å². The van der Waals surface area contributed by atoms with E-state index in [9.17, 15) is 19.8 Å². The molecule has 55 heavy (non-hydrogen) atoms. The third-order valence-electron chi connectivity index (χ3n) is 18.0. The molecule has 8 nitrogen and oxygen atoms in total. The van der Waals surface area contributed by atoms with E-state index >= 15 is 9.18 Å². The lowest BCUT2D eigenvalue weighted by Crippen LogP contribution is -2.68. The van der Waals surface area contributed by atoms with Gasteiger partial charge in [0, 0.05) is 57.4 Å². The molecule has 1 unspecified atom stereocenters. The number of hydrogen-bond acceptors (Lipinski definition) is 7. The highest BCUT2D eigenvalue weighted by Crippen LogP contribution is 2.78. The van der Waals surface area contributed by atoms with Gasteiger partial charge in [-0.05, 0) is 107 Å². The van der Waals surface area contributed by atoms with Crippen molar-refractivity contribution >= 4 is 29.3 Å². The van der Waals surface area contributed by atoms with Gasteiger partial charge in [0.1, 0.15) is 5.82 Å². The van der Waals surface area contributed by atoms with Gasteiger partial charge in [-0.2, -0.15) is 0 Å². The number of hydrogen-bond donors (Lipinski definition) is 2. The summed E-state index contributed by atoms with van der Waals surface area (Å²) in [5, 5.41) is 24.6. The lowest BCUT2D eigenvalue weighted by Gasteiger charge is -2.71. The maximum absolute atomic E-state index is 15.2. The minimum atomic E-state index is -1.32. The first-order valence-corrected chi connectivity index (χ1v) is 21.2. The Balaban J connectivity index is 1.11. The van der Waals surface area contributed by atoms with Crippen molar-refractivity contribution in [3.63, 3.8) is 0 Å². The topological polar surface area (TPSA) is 113 Å². The van der Waals surface area contributed by atoms with E-state index in [2.05, 4.69) is 32.1 Å². The number of aliphatic hydroxyl groups excluding tert-OH is 1. The minimum absolute atomic E-state index is 0.0661. The van der Waals surface area contributed by atoms with Crippen molar-refractivity contribution in [3.8, 4) is 0 Å². The van der Waals surface area contributed by atoms with Crippen molar-refractivity contribution in [2.75, 3.05) is 19.7 Å². The van der Waals surface area contributed by atoms with E-state index < -0.39 is 50.2 Å². The molecule has 7 aliphatic carbocycles. The number of fused-ring (bicyclic) bond motifs is 3. The zero-order valence-corrected chi connectivity index (χ0v) is 33.8. The molecule has 1 aromatic rings. The molecule has 2 saturated heterocycles. The van der Waals surface area contributed by atoms with E-state index in [0.29, 0.717) is 63.7 Å². The fourth-order valence-corrected chi connectivity index (χ4v) is 14.4. The summed E-state index contributed by atoms with van der Waals surface area (Å²) in [5.74, 6) is -1.36. The summed E-state index contributed by atoms with van der Waals surface area (Å²) >= 11 is 6.50. The molecule has 2 aliphatic heterocycles. The number of esters is 1. The van der Waals surface area contributed by atoms with Crippen LogP contribution in [0.15, 0.2) is 42.0 Å². The number of ketones is 1. The normalized spacial score (nSPS) is 45.8. The van der Waals surface area contributed by atoms with Gasteiger partial charge in [-0.25, -0.2) is 4.39 Å². The van der Waals surface area contributed by atoms with E-state index in [1.54, 1.807) is 17.0 Å². The summed E-state index contributed by atoms with van der Waals surface area (Å²) in [7, 11) is 0. The maximum atomic E-state index is 15.2. The van der Waals surface area contributed by atoms with Gasteiger partial charge in [-0.15, -0.1) is 0 Å². The Morgan fingerprint density at radius 3 is 2.36 bits per heavy atom. The number of Topliss-reactive ketones (excluding diaryl/α,β-unsaturated/α-hetero) is 1. The number of halogens is 2. The molecule has 2 N–H and O–H groups in total. The fourth-order valence-electron chi connectivity index (χ4n) is 14.2. The number of carbonyl (C=O) groups is 3. The predicted molar refractivity (Wildman–Crippen MR) is 204 cm³/mol. The summed E-state index contributed by atoms with van der Waals surface area (Å²) in [4.78, 5) is 45.1. The van der Waals surface area contributed by atoms with E-state index in [1.807, 2.05) is 20.8 Å². The lowest BCUT2D eigenvalue weighted by atomic mass is 9.32. The number of allylic oxidation sites excluding steroid dienone is 4. The number of ether oxygens (including phenoxy) is 2. The Hall–Kier alpha value is -2.59. The summed E-state index contributed by atoms with van der Waals surface area (Å²) in [6.45, 7) is 11.3. The molecule has 10 rings (SSSR count). The van der Waals surface area contributed by atoms with Gasteiger partial charge in [0.25, 0.3) is 5.91 Å².